The van der Waals surface area contributed by atoms with Gasteiger partial charge in [0.1, 0.15) is 23.9 Å². The topological polar surface area (TPSA) is 59.0 Å². The fourth-order valence-electron chi connectivity index (χ4n) is 6.58. The number of halogens is 3. The first-order valence-corrected chi connectivity index (χ1v) is 15.9. The Morgan fingerprint density at radius 2 is 1.70 bits per heavy atom. The van der Waals surface area contributed by atoms with Crippen molar-refractivity contribution in [2.24, 2.45) is 0 Å². The molecule has 4 heterocycles. The molecule has 3 fully saturated rings. The van der Waals surface area contributed by atoms with Crippen LogP contribution in [0.1, 0.15) is 35.2 Å². The summed E-state index contributed by atoms with van der Waals surface area (Å²) < 4.78 is 26.9. The minimum absolute atomic E-state index is 0.148. The van der Waals surface area contributed by atoms with Gasteiger partial charge in [-0.3, -0.25) is 14.6 Å². The number of hydrogen-bond acceptors (Lipinski definition) is 5. The van der Waals surface area contributed by atoms with Gasteiger partial charge in [0.15, 0.2) is 0 Å². The molecule has 0 radical (unpaired) electrons. The van der Waals surface area contributed by atoms with Crippen LogP contribution in [0.15, 0.2) is 66.9 Å². The van der Waals surface area contributed by atoms with Gasteiger partial charge in [0.05, 0.1) is 28.2 Å². The van der Waals surface area contributed by atoms with Gasteiger partial charge in [-0.25, -0.2) is 4.39 Å². The van der Waals surface area contributed by atoms with Crippen LogP contribution in [0, 0.1) is 5.82 Å². The number of piperazine rings is 1. The van der Waals surface area contributed by atoms with Gasteiger partial charge in [-0.2, -0.15) is 0 Å². The first kappa shape index (κ1) is 30.7. The summed E-state index contributed by atoms with van der Waals surface area (Å²) in [6.45, 7) is 5.69. The van der Waals surface area contributed by atoms with E-state index in [0.29, 0.717) is 46.6 Å². The Labute approximate surface area is 267 Å². The zero-order valence-corrected chi connectivity index (χ0v) is 26.3. The van der Waals surface area contributed by atoms with Crippen molar-refractivity contribution < 1.29 is 18.7 Å². The summed E-state index contributed by atoms with van der Waals surface area (Å²) in [7, 11) is 1.66. The summed E-state index contributed by atoms with van der Waals surface area (Å²) in [5.74, 6) is 1.06. The Morgan fingerprint density at radius 1 is 0.955 bits per heavy atom. The van der Waals surface area contributed by atoms with Gasteiger partial charge in [-0.15, -0.1) is 0 Å². The molecule has 7 rings (SSSR count). The summed E-state index contributed by atoms with van der Waals surface area (Å²) in [5, 5.41) is 4.85. The smallest absolute Gasteiger partial charge is 0.253 e. The van der Waals surface area contributed by atoms with Gasteiger partial charge in [0.2, 0.25) is 0 Å². The zero-order chi connectivity index (χ0) is 30.6. The van der Waals surface area contributed by atoms with Crippen LogP contribution < -0.4 is 14.8 Å². The number of methoxy groups -OCH3 is 1. The quantitative estimate of drug-likeness (QED) is 0.188. The van der Waals surface area contributed by atoms with Crippen LogP contribution in [-0.4, -0.2) is 72.3 Å². The lowest BCUT2D eigenvalue weighted by Gasteiger charge is -2.51. The molecular weight excluding hydrogens is 602 g/mol. The summed E-state index contributed by atoms with van der Waals surface area (Å²) in [6.07, 6.45) is 5.33. The second kappa shape index (κ2) is 13.8. The van der Waals surface area contributed by atoms with Crippen molar-refractivity contribution in [1.82, 2.24) is 19.7 Å². The summed E-state index contributed by atoms with van der Waals surface area (Å²) in [5.41, 5.74) is 2.43. The van der Waals surface area contributed by atoms with Gasteiger partial charge in [-0.05, 0) is 67.3 Å². The molecule has 4 aromatic rings. The van der Waals surface area contributed by atoms with Crippen molar-refractivity contribution in [1.29, 1.82) is 0 Å². The van der Waals surface area contributed by atoms with Crippen LogP contribution in [0.3, 0.4) is 0 Å². The molecule has 3 aliphatic rings. The maximum atomic E-state index is 13.3. The SMILES string of the molecule is COc1cccc2c(C(=O)NCc3ccc(Cl)c(Cl)c3)cn(CCCN3CC4CCC3CN4CCOc3ccc(F)cc3)c12. The van der Waals surface area contributed by atoms with Crippen LogP contribution in [0.4, 0.5) is 4.39 Å². The van der Waals surface area contributed by atoms with Crippen molar-refractivity contribution in [3.63, 3.8) is 0 Å². The van der Waals surface area contributed by atoms with E-state index in [1.807, 2.05) is 30.5 Å². The van der Waals surface area contributed by atoms with Crippen molar-refractivity contribution in [2.45, 2.75) is 44.4 Å². The van der Waals surface area contributed by atoms with Crippen molar-refractivity contribution in [3.8, 4) is 11.5 Å². The Hall–Kier alpha value is -3.30. The minimum Gasteiger partial charge on any atom is -0.495 e. The monoisotopic (exact) mass is 638 g/mol. The number of carbonyl (C=O) groups excluding carboxylic acids is 1. The first-order valence-electron chi connectivity index (χ1n) is 15.1. The number of para-hydroxylation sites is 1. The van der Waals surface area contributed by atoms with Crippen LogP contribution in [0.5, 0.6) is 11.5 Å². The maximum absolute atomic E-state index is 13.3. The van der Waals surface area contributed by atoms with Gasteiger partial charge < -0.3 is 19.4 Å². The molecule has 2 bridgehead atoms. The maximum Gasteiger partial charge on any atom is 0.253 e. The van der Waals surface area contributed by atoms with Crippen LogP contribution >= 0.6 is 23.2 Å². The summed E-state index contributed by atoms with van der Waals surface area (Å²) in [6, 6.07) is 18.5. The zero-order valence-electron chi connectivity index (χ0n) is 24.8. The number of ether oxygens (including phenoxy) is 2. The number of carbonyl (C=O) groups is 1. The first-order chi connectivity index (χ1) is 21.4. The van der Waals surface area contributed by atoms with E-state index in [1.54, 1.807) is 31.4 Å². The number of amides is 1. The van der Waals surface area contributed by atoms with Crippen molar-refractivity contribution in [3.05, 3.63) is 93.8 Å². The van der Waals surface area contributed by atoms with Crippen molar-refractivity contribution in [2.75, 3.05) is 39.9 Å². The van der Waals surface area contributed by atoms with E-state index in [-0.39, 0.29) is 11.7 Å². The lowest BCUT2D eigenvalue weighted by atomic mass is 9.90. The summed E-state index contributed by atoms with van der Waals surface area (Å²) >= 11 is 12.2. The van der Waals surface area contributed by atoms with E-state index in [4.69, 9.17) is 32.7 Å². The fraction of sp³-hybridized carbons (Fsp3) is 0.382. The largest absolute Gasteiger partial charge is 0.495 e. The molecule has 0 aliphatic carbocycles. The molecule has 1 aromatic heterocycles. The second-order valence-corrected chi connectivity index (χ2v) is 12.4. The molecule has 0 saturated carbocycles. The molecule has 1 N–H and O–H groups in total. The number of nitrogens with zero attached hydrogens (tertiary/aromatic N) is 3. The Kier molecular flexibility index (Phi) is 9.62. The van der Waals surface area contributed by atoms with Crippen LogP contribution in [-0.2, 0) is 13.1 Å². The highest BCUT2D eigenvalue weighted by atomic mass is 35.5. The molecule has 3 aliphatic heterocycles. The van der Waals surface area contributed by atoms with E-state index < -0.39 is 0 Å². The molecule has 232 valence electrons. The molecule has 3 saturated heterocycles. The predicted molar refractivity (Wildman–Crippen MR) is 173 cm³/mol. The molecule has 2 atom stereocenters. The van der Waals surface area contributed by atoms with Gasteiger partial charge in [0.25, 0.3) is 5.91 Å². The van der Waals surface area contributed by atoms with E-state index in [0.717, 1.165) is 61.4 Å². The molecule has 7 nitrogen and oxygen atoms in total. The van der Waals surface area contributed by atoms with Gasteiger partial charge in [0, 0.05) is 62.9 Å². The van der Waals surface area contributed by atoms with Crippen LogP contribution in [0.2, 0.25) is 10.0 Å². The van der Waals surface area contributed by atoms with E-state index in [2.05, 4.69) is 19.7 Å². The lowest BCUT2D eigenvalue weighted by molar-refractivity contribution is -0.0259. The number of fused-ring (bicyclic) bond motifs is 4. The second-order valence-electron chi connectivity index (χ2n) is 11.6. The standard InChI is InChI=1S/C34H37Cl2FN4O3/c1-43-32-5-2-4-28-29(34(42)38-19-23-6-13-30(35)31(36)18-23)22-41(33(28)32)15-3-14-39-20-26-10-9-25(39)21-40(26)16-17-44-27-11-7-24(37)8-12-27/h2,4-8,11-13,18,22,25-26H,3,9-10,14-17,19-21H2,1H3,(H,38,42). The Bertz CT molecular complexity index is 1610. The number of aromatic nitrogens is 1. The highest BCUT2D eigenvalue weighted by Gasteiger charge is 2.38. The molecular formula is C34H37Cl2FN4O3. The van der Waals surface area contributed by atoms with E-state index >= 15 is 0 Å². The van der Waals surface area contributed by atoms with Crippen LogP contribution in [0.25, 0.3) is 10.9 Å². The van der Waals surface area contributed by atoms with E-state index in [9.17, 15) is 9.18 Å². The average molecular weight is 640 g/mol. The third-order valence-corrected chi connectivity index (χ3v) is 9.56. The number of rotatable bonds is 12. The molecule has 0 spiro atoms. The third-order valence-electron chi connectivity index (χ3n) is 8.82. The number of nitrogens with one attached hydrogen (secondary N) is 1. The van der Waals surface area contributed by atoms with E-state index in [1.165, 1.54) is 25.0 Å². The summed E-state index contributed by atoms with van der Waals surface area (Å²) in [4.78, 5) is 18.5. The highest BCUT2D eigenvalue weighted by Crippen LogP contribution is 2.32. The molecule has 1 amide bonds. The van der Waals surface area contributed by atoms with Gasteiger partial charge in [-0.1, -0.05) is 41.4 Å². The molecule has 10 heteroatoms. The molecule has 44 heavy (non-hydrogen) atoms. The normalized spacial score (nSPS) is 18.5. The molecule has 3 aromatic carbocycles. The molecule has 2 unspecified atom stereocenters. The number of benzene rings is 3. The number of piperidine rings is 2. The lowest BCUT2D eigenvalue weighted by Crippen LogP contribution is -2.63. The highest BCUT2D eigenvalue weighted by molar-refractivity contribution is 6.42. The van der Waals surface area contributed by atoms with Gasteiger partial charge >= 0.3 is 0 Å². The number of aryl methyl sites for hydroxylation is 1. The minimum atomic E-state index is -0.253. The number of hydrogen-bond donors (Lipinski definition) is 1. The van der Waals surface area contributed by atoms with Crippen molar-refractivity contribution >= 4 is 40.0 Å². The fourth-order valence-corrected chi connectivity index (χ4v) is 6.90. The predicted octanol–water partition coefficient (Wildman–Crippen LogP) is 6.64. The Balaban J connectivity index is 1.05. The average Bonchev–Trinajstić information content (AvgIpc) is 3.42. The third kappa shape index (κ3) is 6.84. The Morgan fingerprint density at radius 3 is 2.41 bits per heavy atom.